The molecule has 52 valence electrons. The summed E-state index contributed by atoms with van der Waals surface area (Å²) in [6, 6.07) is 0.571. The first kappa shape index (κ1) is 8.28. The van der Waals surface area contributed by atoms with Gasteiger partial charge in [0.2, 0.25) is 0 Å². The van der Waals surface area contributed by atoms with Gasteiger partial charge in [-0.25, -0.2) is 0 Å². The molecule has 9 heavy (non-hydrogen) atoms. The van der Waals surface area contributed by atoms with Crippen molar-refractivity contribution in [2.24, 2.45) is 0 Å². The first-order chi connectivity index (χ1) is 4.18. The van der Waals surface area contributed by atoms with Gasteiger partial charge in [0, 0.05) is 13.1 Å². The third-order valence-corrected chi connectivity index (χ3v) is 1.27. The fourth-order valence-electron chi connectivity index (χ4n) is 0.369. The van der Waals surface area contributed by atoms with E-state index in [0.717, 1.165) is 0 Å². The Morgan fingerprint density at radius 2 is 2.00 bits per heavy atom. The van der Waals surface area contributed by atoms with Crippen molar-refractivity contribution >= 4 is 0 Å². The molecule has 0 aromatic rings. The number of allylic oxidation sites excluding steroid dienone is 2. The summed E-state index contributed by atoms with van der Waals surface area (Å²) in [5, 5.41) is 0. The molecule has 0 aliphatic rings. The van der Waals surface area contributed by atoms with E-state index in [1.165, 1.54) is 0 Å². The van der Waals surface area contributed by atoms with Crippen LogP contribution in [-0.2, 0) is 0 Å². The standard InChI is InChI=1S/C8H15N/c1-5-6-7-9(4)8(2)3/h5-8H,1H2,2-4H3. The van der Waals surface area contributed by atoms with Crippen LogP contribution in [0.15, 0.2) is 24.9 Å². The second kappa shape index (κ2) is 4.19. The zero-order chi connectivity index (χ0) is 7.28. The van der Waals surface area contributed by atoms with Gasteiger partial charge in [-0.2, -0.15) is 0 Å². The largest absolute Gasteiger partial charge is 0.378 e. The molecule has 0 atom stereocenters. The van der Waals surface area contributed by atoms with Gasteiger partial charge < -0.3 is 4.90 Å². The summed E-state index contributed by atoms with van der Waals surface area (Å²) < 4.78 is 0. The van der Waals surface area contributed by atoms with Crippen LogP contribution in [0, 0.1) is 0 Å². The molecule has 0 aromatic carbocycles. The van der Waals surface area contributed by atoms with Crippen LogP contribution in [0.25, 0.3) is 0 Å². The highest BCUT2D eigenvalue weighted by Gasteiger charge is 1.92. The summed E-state index contributed by atoms with van der Waals surface area (Å²) in [7, 11) is 2.05. The molecule has 0 spiro atoms. The highest BCUT2D eigenvalue weighted by Crippen LogP contribution is 1.92. The van der Waals surface area contributed by atoms with Crippen molar-refractivity contribution in [2.75, 3.05) is 7.05 Å². The van der Waals surface area contributed by atoms with Crippen LogP contribution >= 0.6 is 0 Å². The number of nitrogens with zero attached hydrogens (tertiary/aromatic N) is 1. The lowest BCUT2D eigenvalue weighted by Crippen LogP contribution is -2.19. The molecule has 0 saturated heterocycles. The molecular formula is C8H15N. The lowest BCUT2D eigenvalue weighted by atomic mass is 10.3. The highest BCUT2D eigenvalue weighted by molar-refractivity contribution is 4.96. The number of hydrogen-bond acceptors (Lipinski definition) is 1. The van der Waals surface area contributed by atoms with E-state index in [9.17, 15) is 0 Å². The van der Waals surface area contributed by atoms with E-state index in [1.54, 1.807) is 6.08 Å². The average molecular weight is 125 g/mol. The van der Waals surface area contributed by atoms with Gasteiger partial charge in [-0.05, 0) is 26.1 Å². The molecule has 0 saturated carbocycles. The molecule has 0 N–H and O–H groups in total. The summed E-state index contributed by atoms with van der Waals surface area (Å²) in [5.41, 5.74) is 0. The fraction of sp³-hybridized carbons (Fsp3) is 0.500. The zero-order valence-corrected chi connectivity index (χ0v) is 6.46. The second-order valence-corrected chi connectivity index (χ2v) is 2.34. The van der Waals surface area contributed by atoms with Gasteiger partial charge >= 0.3 is 0 Å². The normalized spacial score (nSPS) is 10.7. The maximum Gasteiger partial charge on any atom is 0.0224 e. The Labute approximate surface area is 57.7 Å². The minimum absolute atomic E-state index is 0.571. The lowest BCUT2D eigenvalue weighted by Gasteiger charge is -2.17. The van der Waals surface area contributed by atoms with E-state index < -0.39 is 0 Å². The van der Waals surface area contributed by atoms with Gasteiger partial charge in [-0.15, -0.1) is 0 Å². The van der Waals surface area contributed by atoms with Crippen LogP contribution in [0.3, 0.4) is 0 Å². The van der Waals surface area contributed by atoms with Crippen molar-refractivity contribution in [1.82, 2.24) is 4.90 Å². The molecule has 0 aliphatic heterocycles. The molecule has 0 fully saturated rings. The number of hydrogen-bond donors (Lipinski definition) is 0. The molecule has 1 nitrogen and oxygen atoms in total. The van der Waals surface area contributed by atoms with Gasteiger partial charge in [0.05, 0.1) is 0 Å². The van der Waals surface area contributed by atoms with Crippen molar-refractivity contribution < 1.29 is 0 Å². The van der Waals surface area contributed by atoms with E-state index in [2.05, 4.69) is 25.3 Å². The van der Waals surface area contributed by atoms with E-state index in [1.807, 2.05) is 19.3 Å². The van der Waals surface area contributed by atoms with Crippen molar-refractivity contribution in [2.45, 2.75) is 19.9 Å². The van der Waals surface area contributed by atoms with Crippen LogP contribution in [0.5, 0.6) is 0 Å². The van der Waals surface area contributed by atoms with E-state index in [0.29, 0.717) is 6.04 Å². The minimum atomic E-state index is 0.571. The summed E-state index contributed by atoms with van der Waals surface area (Å²) in [5.74, 6) is 0. The van der Waals surface area contributed by atoms with Crippen molar-refractivity contribution in [3.05, 3.63) is 24.9 Å². The van der Waals surface area contributed by atoms with E-state index >= 15 is 0 Å². The summed E-state index contributed by atoms with van der Waals surface area (Å²) in [6.45, 7) is 7.87. The molecule has 0 aromatic heterocycles. The van der Waals surface area contributed by atoms with Crippen LogP contribution in [0.1, 0.15) is 13.8 Å². The third kappa shape index (κ3) is 3.83. The van der Waals surface area contributed by atoms with Gasteiger partial charge in [0.1, 0.15) is 0 Å². The molecule has 0 aliphatic carbocycles. The Morgan fingerprint density at radius 1 is 1.44 bits per heavy atom. The predicted octanol–water partition coefficient (Wildman–Crippen LogP) is 2.03. The molecule has 0 bridgehead atoms. The first-order valence-corrected chi connectivity index (χ1v) is 3.19. The van der Waals surface area contributed by atoms with Gasteiger partial charge in [0.15, 0.2) is 0 Å². The van der Waals surface area contributed by atoms with Gasteiger partial charge in [-0.3, -0.25) is 0 Å². The molecule has 1 heteroatoms. The predicted molar refractivity (Wildman–Crippen MR) is 42.2 cm³/mol. The Balaban J connectivity index is 3.61. The maximum absolute atomic E-state index is 3.58. The van der Waals surface area contributed by atoms with Crippen LogP contribution < -0.4 is 0 Å². The lowest BCUT2D eigenvalue weighted by molar-refractivity contribution is 0.376. The molecule has 0 heterocycles. The number of rotatable bonds is 3. The van der Waals surface area contributed by atoms with Crippen molar-refractivity contribution in [1.29, 1.82) is 0 Å². The SMILES string of the molecule is C=CC=CN(C)C(C)C. The molecular weight excluding hydrogens is 110 g/mol. The smallest absolute Gasteiger partial charge is 0.0224 e. The Morgan fingerprint density at radius 3 is 2.33 bits per heavy atom. The molecule has 0 radical (unpaired) electrons. The Kier molecular flexibility index (Phi) is 3.85. The third-order valence-electron chi connectivity index (χ3n) is 1.27. The molecule has 0 amide bonds. The van der Waals surface area contributed by atoms with Crippen LogP contribution in [0.2, 0.25) is 0 Å². The molecule has 0 rings (SSSR count). The Bertz CT molecular complexity index is 103. The van der Waals surface area contributed by atoms with Crippen LogP contribution in [-0.4, -0.2) is 18.0 Å². The Hall–Kier alpha value is -0.720. The van der Waals surface area contributed by atoms with E-state index in [-0.39, 0.29) is 0 Å². The quantitative estimate of drug-likeness (QED) is 0.522. The minimum Gasteiger partial charge on any atom is -0.378 e. The van der Waals surface area contributed by atoms with Crippen LogP contribution in [0.4, 0.5) is 0 Å². The molecule has 0 unspecified atom stereocenters. The van der Waals surface area contributed by atoms with Crippen molar-refractivity contribution in [3.8, 4) is 0 Å². The fourth-order valence-corrected chi connectivity index (χ4v) is 0.369. The zero-order valence-electron chi connectivity index (χ0n) is 6.46. The van der Waals surface area contributed by atoms with Crippen molar-refractivity contribution in [3.63, 3.8) is 0 Å². The highest BCUT2D eigenvalue weighted by atomic mass is 15.1. The summed E-state index contributed by atoms with van der Waals surface area (Å²) in [4.78, 5) is 2.13. The van der Waals surface area contributed by atoms with Gasteiger partial charge in [0.25, 0.3) is 0 Å². The maximum atomic E-state index is 3.58. The first-order valence-electron chi connectivity index (χ1n) is 3.19. The average Bonchev–Trinajstić information content (AvgIpc) is 1.82. The topological polar surface area (TPSA) is 3.24 Å². The summed E-state index contributed by atoms with van der Waals surface area (Å²) in [6.07, 6.45) is 5.72. The summed E-state index contributed by atoms with van der Waals surface area (Å²) >= 11 is 0. The second-order valence-electron chi connectivity index (χ2n) is 2.34. The monoisotopic (exact) mass is 125 g/mol. The van der Waals surface area contributed by atoms with E-state index in [4.69, 9.17) is 0 Å². The van der Waals surface area contributed by atoms with Gasteiger partial charge in [-0.1, -0.05) is 12.7 Å².